The van der Waals surface area contributed by atoms with E-state index in [1.807, 2.05) is 0 Å². The number of anilines is 1. The molecule has 2 aromatic heterocycles. The number of aromatic nitrogens is 3. The Balaban J connectivity index is 1.98. The lowest BCUT2D eigenvalue weighted by Gasteiger charge is -2.07. The molecule has 0 atom stereocenters. The first kappa shape index (κ1) is 14.9. The average molecular weight is 384 g/mol. The molecule has 22 heavy (non-hydrogen) atoms. The molecule has 3 aromatic rings. The number of benzene rings is 1. The molecule has 5 nitrogen and oxygen atoms in total. The van der Waals surface area contributed by atoms with E-state index in [1.54, 1.807) is 23.7 Å². The number of nitrogens with zero attached hydrogens (tertiary/aromatic N) is 3. The summed E-state index contributed by atoms with van der Waals surface area (Å²) in [5.41, 5.74) is 1.50. The van der Waals surface area contributed by atoms with E-state index in [0.717, 1.165) is 6.07 Å². The molecule has 0 aliphatic carbocycles. The Morgan fingerprint density at radius 1 is 1.45 bits per heavy atom. The number of carbonyl (C=O) groups excluding carboxylic acids is 1. The van der Waals surface area contributed by atoms with Crippen molar-refractivity contribution in [2.45, 2.75) is 6.92 Å². The molecule has 0 fully saturated rings. The zero-order valence-electron chi connectivity index (χ0n) is 11.3. The third-order valence-corrected chi connectivity index (χ3v) is 3.76. The highest BCUT2D eigenvalue weighted by Gasteiger charge is 2.15. The van der Waals surface area contributed by atoms with Crippen molar-refractivity contribution < 1.29 is 9.18 Å². The lowest BCUT2D eigenvalue weighted by Crippen LogP contribution is -2.14. The SMILES string of the molecule is Cc1nc2cnc(Br)cn2c1NC(=O)c1ccc(F)c(Cl)c1. The molecule has 0 saturated carbocycles. The van der Waals surface area contributed by atoms with E-state index in [4.69, 9.17) is 11.6 Å². The maximum Gasteiger partial charge on any atom is 0.256 e. The van der Waals surface area contributed by atoms with Crippen molar-refractivity contribution in [3.63, 3.8) is 0 Å². The molecular weight excluding hydrogens is 375 g/mol. The smallest absolute Gasteiger partial charge is 0.256 e. The van der Waals surface area contributed by atoms with Crippen LogP contribution in [0.5, 0.6) is 0 Å². The highest BCUT2D eigenvalue weighted by atomic mass is 79.9. The van der Waals surface area contributed by atoms with Crippen molar-refractivity contribution >= 4 is 44.9 Å². The van der Waals surface area contributed by atoms with Crippen LogP contribution in [0.3, 0.4) is 0 Å². The Kier molecular flexibility index (Phi) is 3.84. The van der Waals surface area contributed by atoms with Crippen LogP contribution in [0.15, 0.2) is 35.2 Å². The van der Waals surface area contributed by atoms with E-state index in [1.165, 1.54) is 12.1 Å². The van der Waals surface area contributed by atoms with Gasteiger partial charge in [0.25, 0.3) is 5.91 Å². The average Bonchev–Trinajstić information content (AvgIpc) is 2.78. The van der Waals surface area contributed by atoms with E-state index in [0.29, 0.717) is 21.8 Å². The second kappa shape index (κ2) is 5.66. The molecule has 0 saturated heterocycles. The largest absolute Gasteiger partial charge is 0.306 e. The predicted molar refractivity (Wildman–Crippen MR) is 84.8 cm³/mol. The third kappa shape index (κ3) is 2.69. The van der Waals surface area contributed by atoms with Crippen molar-refractivity contribution in [2.75, 3.05) is 5.32 Å². The molecule has 1 N–H and O–H groups in total. The van der Waals surface area contributed by atoms with Gasteiger partial charge in [-0.1, -0.05) is 11.6 Å². The van der Waals surface area contributed by atoms with Crippen LogP contribution in [-0.2, 0) is 0 Å². The van der Waals surface area contributed by atoms with E-state index < -0.39 is 11.7 Å². The molecule has 0 bridgehead atoms. The summed E-state index contributed by atoms with van der Waals surface area (Å²) in [7, 11) is 0. The van der Waals surface area contributed by atoms with Gasteiger partial charge in [-0.15, -0.1) is 0 Å². The van der Waals surface area contributed by atoms with E-state index >= 15 is 0 Å². The first-order valence-electron chi connectivity index (χ1n) is 6.22. The molecule has 0 aliphatic rings. The Morgan fingerprint density at radius 3 is 2.95 bits per heavy atom. The van der Waals surface area contributed by atoms with Crippen LogP contribution in [0.4, 0.5) is 10.2 Å². The standard InChI is InChI=1S/C14H9BrClFN4O/c1-7-13(21-6-11(15)18-5-12(21)19-7)20-14(22)8-2-3-10(17)9(16)4-8/h2-6H,1H3,(H,20,22). The summed E-state index contributed by atoms with van der Waals surface area (Å²) in [4.78, 5) is 20.7. The van der Waals surface area contributed by atoms with Gasteiger partial charge in [-0.25, -0.2) is 14.4 Å². The molecule has 1 aromatic carbocycles. The molecule has 3 rings (SSSR count). The first-order valence-corrected chi connectivity index (χ1v) is 7.39. The Hall–Kier alpha value is -1.99. The number of aryl methyl sites for hydroxylation is 1. The van der Waals surface area contributed by atoms with Crippen molar-refractivity contribution in [3.8, 4) is 0 Å². The number of rotatable bonds is 2. The van der Waals surface area contributed by atoms with Crippen LogP contribution >= 0.6 is 27.5 Å². The monoisotopic (exact) mass is 382 g/mol. The molecule has 0 aliphatic heterocycles. The summed E-state index contributed by atoms with van der Waals surface area (Å²) in [6.07, 6.45) is 3.28. The number of imidazole rings is 1. The van der Waals surface area contributed by atoms with Gasteiger partial charge in [-0.2, -0.15) is 0 Å². The second-order valence-corrected chi connectivity index (χ2v) is 5.79. The Morgan fingerprint density at radius 2 is 2.23 bits per heavy atom. The van der Waals surface area contributed by atoms with Crippen LogP contribution in [-0.4, -0.2) is 20.3 Å². The number of amides is 1. The number of fused-ring (bicyclic) bond motifs is 1. The van der Waals surface area contributed by atoms with Gasteiger partial charge in [0.15, 0.2) is 5.65 Å². The van der Waals surface area contributed by atoms with Gasteiger partial charge in [0, 0.05) is 11.8 Å². The highest BCUT2D eigenvalue weighted by Crippen LogP contribution is 2.21. The summed E-state index contributed by atoms with van der Waals surface area (Å²) in [5, 5.41) is 2.65. The number of carbonyl (C=O) groups is 1. The van der Waals surface area contributed by atoms with E-state index in [-0.39, 0.29) is 10.6 Å². The Bertz CT molecular complexity index is 896. The van der Waals surface area contributed by atoms with Crippen LogP contribution in [0, 0.1) is 12.7 Å². The second-order valence-electron chi connectivity index (χ2n) is 4.57. The van der Waals surface area contributed by atoms with Gasteiger partial charge in [0.05, 0.1) is 16.9 Å². The number of nitrogens with one attached hydrogen (secondary N) is 1. The van der Waals surface area contributed by atoms with E-state index in [9.17, 15) is 9.18 Å². The van der Waals surface area contributed by atoms with Crippen LogP contribution in [0.1, 0.15) is 16.1 Å². The third-order valence-electron chi connectivity index (χ3n) is 3.07. The summed E-state index contributed by atoms with van der Waals surface area (Å²) in [6, 6.07) is 3.80. The molecule has 0 unspecified atom stereocenters. The van der Waals surface area contributed by atoms with Gasteiger partial charge in [-0.05, 0) is 41.1 Å². The fourth-order valence-electron chi connectivity index (χ4n) is 2.02. The highest BCUT2D eigenvalue weighted by molar-refractivity contribution is 9.10. The maximum absolute atomic E-state index is 13.2. The zero-order chi connectivity index (χ0) is 15.9. The molecule has 0 spiro atoms. The Labute approximate surface area is 138 Å². The fourth-order valence-corrected chi connectivity index (χ4v) is 2.50. The lowest BCUT2D eigenvalue weighted by atomic mass is 10.2. The van der Waals surface area contributed by atoms with Gasteiger partial charge in [0.2, 0.25) is 0 Å². The minimum atomic E-state index is -0.570. The maximum atomic E-state index is 13.2. The molecule has 2 heterocycles. The molecule has 112 valence electrons. The molecule has 1 amide bonds. The van der Waals surface area contributed by atoms with Crippen molar-refractivity contribution in [1.29, 1.82) is 0 Å². The summed E-state index contributed by atoms with van der Waals surface area (Å²) < 4.78 is 15.5. The number of halogens is 3. The van der Waals surface area contributed by atoms with Gasteiger partial charge < -0.3 is 5.32 Å². The van der Waals surface area contributed by atoms with Crippen LogP contribution < -0.4 is 5.32 Å². The van der Waals surface area contributed by atoms with E-state index in [2.05, 4.69) is 31.2 Å². The van der Waals surface area contributed by atoms with Crippen molar-refractivity contribution in [2.24, 2.45) is 0 Å². The first-order chi connectivity index (χ1) is 10.5. The number of hydrogen-bond acceptors (Lipinski definition) is 3. The van der Waals surface area contributed by atoms with Gasteiger partial charge >= 0.3 is 0 Å². The fraction of sp³-hybridized carbons (Fsp3) is 0.0714. The minimum absolute atomic E-state index is 0.102. The summed E-state index contributed by atoms with van der Waals surface area (Å²) in [5.74, 6) is -0.456. The molecule has 8 heteroatoms. The van der Waals surface area contributed by atoms with Crippen molar-refractivity contribution in [1.82, 2.24) is 14.4 Å². The van der Waals surface area contributed by atoms with Gasteiger partial charge in [0.1, 0.15) is 16.2 Å². The summed E-state index contributed by atoms with van der Waals surface area (Å²) in [6.45, 7) is 1.77. The summed E-state index contributed by atoms with van der Waals surface area (Å²) >= 11 is 8.97. The quantitative estimate of drug-likeness (QED) is 0.731. The topological polar surface area (TPSA) is 59.3 Å². The minimum Gasteiger partial charge on any atom is -0.306 e. The lowest BCUT2D eigenvalue weighted by molar-refractivity contribution is 0.102. The zero-order valence-corrected chi connectivity index (χ0v) is 13.6. The van der Waals surface area contributed by atoms with Crippen molar-refractivity contribution in [3.05, 3.63) is 57.3 Å². The molecule has 0 radical (unpaired) electrons. The van der Waals surface area contributed by atoms with Crippen LogP contribution in [0.2, 0.25) is 5.02 Å². The molecular formula is C14H9BrClFN4O. The number of hydrogen-bond donors (Lipinski definition) is 1. The predicted octanol–water partition coefficient (Wildman–Crippen LogP) is 3.85. The van der Waals surface area contributed by atoms with Crippen LogP contribution in [0.25, 0.3) is 5.65 Å². The normalized spacial score (nSPS) is 10.9. The van der Waals surface area contributed by atoms with Gasteiger partial charge in [-0.3, -0.25) is 9.20 Å².